The van der Waals surface area contributed by atoms with Gasteiger partial charge in [0.15, 0.2) is 5.65 Å². The second-order valence-electron chi connectivity index (χ2n) is 4.07. The fourth-order valence-electron chi connectivity index (χ4n) is 1.75. The molecule has 2 heterocycles. The van der Waals surface area contributed by atoms with Gasteiger partial charge in [0.05, 0.1) is 5.56 Å². The standard InChI is InChI=1S/C13H10N4O3/c14-13-15-11-7-10(5-6-17(11)16-13)20-9-3-1-8(2-4-9)12(18)19/h1-7H,(H2,14,16)(H,18,19). The Hall–Kier alpha value is -3.09. The predicted octanol–water partition coefficient (Wildman–Crippen LogP) is 1.80. The number of aromatic carboxylic acids is 1. The summed E-state index contributed by atoms with van der Waals surface area (Å²) in [6, 6.07) is 9.54. The van der Waals surface area contributed by atoms with E-state index in [0.717, 1.165) is 0 Å². The Balaban J connectivity index is 1.86. The first-order valence-electron chi connectivity index (χ1n) is 5.75. The first kappa shape index (κ1) is 12.0. The highest BCUT2D eigenvalue weighted by atomic mass is 16.5. The van der Waals surface area contributed by atoms with E-state index in [-0.39, 0.29) is 11.5 Å². The number of nitrogens with zero attached hydrogens (tertiary/aromatic N) is 3. The number of nitrogens with two attached hydrogens (primary N) is 1. The van der Waals surface area contributed by atoms with Gasteiger partial charge in [-0.3, -0.25) is 0 Å². The molecule has 0 bridgehead atoms. The number of carbonyl (C=O) groups is 1. The molecule has 7 nitrogen and oxygen atoms in total. The Morgan fingerprint density at radius 3 is 2.65 bits per heavy atom. The molecule has 0 spiro atoms. The van der Waals surface area contributed by atoms with Crippen molar-refractivity contribution in [1.29, 1.82) is 0 Å². The zero-order valence-electron chi connectivity index (χ0n) is 10.2. The van der Waals surface area contributed by atoms with E-state index in [4.69, 9.17) is 15.6 Å². The molecule has 0 unspecified atom stereocenters. The van der Waals surface area contributed by atoms with Crippen LogP contribution in [0, 0.1) is 0 Å². The highest BCUT2D eigenvalue weighted by Gasteiger charge is 2.05. The van der Waals surface area contributed by atoms with E-state index in [0.29, 0.717) is 17.1 Å². The number of fused-ring (bicyclic) bond motifs is 1. The van der Waals surface area contributed by atoms with E-state index in [1.54, 1.807) is 30.5 Å². The molecule has 0 aliphatic carbocycles. The number of hydrogen-bond donors (Lipinski definition) is 2. The fourth-order valence-corrected chi connectivity index (χ4v) is 1.75. The van der Waals surface area contributed by atoms with Gasteiger partial charge in [-0.1, -0.05) is 0 Å². The lowest BCUT2D eigenvalue weighted by molar-refractivity contribution is 0.0697. The van der Waals surface area contributed by atoms with Crippen LogP contribution in [0.2, 0.25) is 0 Å². The van der Waals surface area contributed by atoms with Crippen molar-refractivity contribution in [3.8, 4) is 11.5 Å². The van der Waals surface area contributed by atoms with Crippen LogP contribution < -0.4 is 10.5 Å². The number of anilines is 1. The number of benzene rings is 1. The van der Waals surface area contributed by atoms with Gasteiger partial charge in [0.2, 0.25) is 5.95 Å². The van der Waals surface area contributed by atoms with E-state index in [2.05, 4.69) is 10.1 Å². The first-order valence-corrected chi connectivity index (χ1v) is 5.75. The van der Waals surface area contributed by atoms with E-state index in [1.165, 1.54) is 16.6 Å². The van der Waals surface area contributed by atoms with Crippen LogP contribution in [-0.4, -0.2) is 25.7 Å². The van der Waals surface area contributed by atoms with Crippen LogP contribution in [0.3, 0.4) is 0 Å². The quantitative estimate of drug-likeness (QED) is 0.752. The van der Waals surface area contributed by atoms with E-state index < -0.39 is 5.97 Å². The summed E-state index contributed by atoms with van der Waals surface area (Å²) in [7, 11) is 0. The van der Waals surface area contributed by atoms with Gasteiger partial charge in [-0.05, 0) is 30.3 Å². The molecule has 20 heavy (non-hydrogen) atoms. The largest absolute Gasteiger partial charge is 0.478 e. The second-order valence-corrected chi connectivity index (χ2v) is 4.07. The summed E-state index contributed by atoms with van der Waals surface area (Å²) in [6.45, 7) is 0. The third kappa shape index (κ3) is 2.24. The minimum absolute atomic E-state index is 0.188. The third-order valence-electron chi connectivity index (χ3n) is 2.66. The van der Waals surface area contributed by atoms with Gasteiger partial charge in [-0.25, -0.2) is 9.31 Å². The Morgan fingerprint density at radius 2 is 1.95 bits per heavy atom. The second kappa shape index (κ2) is 4.54. The number of carboxylic acids is 1. The molecule has 0 fully saturated rings. The summed E-state index contributed by atoms with van der Waals surface area (Å²) >= 11 is 0. The fraction of sp³-hybridized carbons (Fsp3) is 0. The van der Waals surface area contributed by atoms with Crippen LogP contribution >= 0.6 is 0 Å². The summed E-state index contributed by atoms with van der Waals surface area (Å²) in [5, 5.41) is 12.8. The van der Waals surface area contributed by atoms with Crippen LogP contribution in [0.25, 0.3) is 5.65 Å². The summed E-state index contributed by atoms with van der Waals surface area (Å²) in [6.07, 6.45) is 1.68. The predicted molar refractivity (Wildman–Crippen MR) is 70.9 cm³/mol. The molecule has 0 radical (unpaired) electrons. The Kier molecular flexibility index (Phi) is 2.72. The van der Waals surface area contributed by atoms with Crippen molar-refractivity contribution < 1.29 is 14.6 Å². The molecule has 3 rings (SSSR count). The molecule has 0 atom stereocenters. The van der Waals surface area contributed by atoms with E-state index >= 15 is 0 Å². The molecule has 100 valence electrons. The van der Waals surface area contributed by atoms with Gasteiger partial charge in [-0.15, -0.1) is 5.10 Å². The molecule has 0 aliphatic heterocycles. The smallest absolute Gasteiger partial charge is 0.335 e. The number of rotatable bonds is 3. The van der Waals surface area contributed by atoms with E-state index in [9.17, 15) is 4.79 Å². The van der Waals surface area contributed by atoms with Gasteiger partial charge < -0.3 is 15.6 Å². The monoisotopic (exact) mass is 270 g/mol. The van der Waals surface area contributed by atoms with Crippen molar-refractivity contribution in [3.63, 3.8) is 0 Å². The molecule has 1 aromatic carbocycles. The Labute approximate surface area is 113 Å². The lowest BCUT2D eigenvalue weighted by Crippen LogP contribution is -1.95. The summed E-state index contributed by atoms with van der Waals surface area (Å²) in [4.78, 5) is 14.8. The maximum atomic E-state index is 10.7. The maximum absolute atomic E-state index is 10.7. The molecule has 3 aromatic rings. The molecule has 2 aromatic heterocycles. The number of aromatic nitrogens is 3. The average Bonchev–Trinajstić information content (AvgIpc) is 2.78. The van der Waals surface area contributed by atoms with Crippen LogP contribution in [0.15, 0.2) is 42.6 Å². The number of pyridine rings is 1. The molecular weight excluding hydrogens is 260 g/mol. The summed E-state index contributed by atoms with van der Waals surface area (Å²) in [5.41, 5.74) is 6.28. The van der Waals surface area contributed by atoms with E-state index in [1.807, 2.05) is 0 Å². The van der Waals surface area contributed by atoms with Crippen LogP contribution in [0.5, 0.6) is 11.5 Å². The maximum Gasteiger partial charge on any atom is 0.335 e. The first-order chi connectivity index (χ1) is 9.61. The molecule has 0 saturated heterocycles. The summed E-state index contributed by atoms with van der Waals surface area (Å²) < 4.78 is 7.15. The van der Waals surface area contributed by atoms with Crippen molar-refractivity contribution in [3.05, 3.63) is 48.2 Å². The van der Waals surface area contributed by atoms with Gasteiger partial charge in [0, 0.05) is 12.3 Å². The zero-order valence-corrected chi connectivity index (χ0v) is 10.2. The Bertz CT molecular complexity index is 780. The lowest BCUT2D eigenvalue weighted by Gasteiger charge is -2.05. The van der Waals surface area contributed by atoms with Crippen molar-refractivity contribution in [2.24, 2.45) is 0 Å². The molecule has 3 N–H and O–H groups in total. The SMILES string of the molecule is Nc1nc2cc(Oc3ccc(C(=O)O)cc3)ccn2n1. The molecule has 7 heteroatoms. The van der Waals surface area contributed by atoms with Gasteiger partial charge in [0.1, 0.15) is 11.5 Å². The molecule has 0 saturated carbocycles. The van der Waals surface area contributed by atoms with Crippen LogP contribution in [-0.2, 0) is 0 Å². The van der Waals surface area contributed by atoms with Gasteiger partial charge in [-0.2, -0.15) is 4.98 Å². The minimum atomic E-state index is -0.975. The lowest BCUT2D eigenvalue weighted by atomic mass is 10.2. The van der Waals surface area contributed by atoms with Crippen LogP contribution in [0.4, 0.5) is 5.95 Å². The molecule has 0 aliphatic rings. The number of ether oxygens (including phenoxy) is 1. The van der Waals surface area contributed by atoms with Crippen molar-refractivity contribution in [2.45, 2.75) is 0 Å². The summed E-state index contributed by atoms with van der Waals surface area (Å²) in [5.74, 6) is 0.310. The van der Waals surface area contributed by atoms with Crippen molar-refractivity contribution in [2.75, 3.05) is 5.73 Å². The normalized spacial score (nSPS) is 10.6. The van der Waals surface area contributed by atoms with Gasteiger partial charge >= 0.3 is 5.97 Å². The van der Waals surface area contributed by atoms with Crippen molar-refractivity contribution in [1.82, 2.24) is 14.6 Å². The number of carboxylic acid groups (broad SMARTS) is 1. The topological polar surface area (TPSA) is 103 Å². The van der Waals surface area contributed by atoms with Gasteiger partial charge in [0.25, 0.3) is 0 Å². The number of nitrogen functional groups attached to an aromatic ring is 1. The van der Waals surface area contributed by atoms with Crippen LogP contribution in [0.1, 0.15) is 10.4 Å². The van der Waals surface area contributed by atoms with Crippen molar-refractivity contribution >= 4 is 17.6 Å². The Morgan fingerprint density at radius 1 is 1.20 bits per heavy atom. The average molecular weight is 270 g/mol. The molecule has 0 amide bonds. The highest BCUT2D eigenvalue weighted by Crippen LogP contribution is 2.22. The minimum Gasteiger partial charge on any atom is -0.478 e. The highest BCUT2D eigenvalue weighted by molar-refractivity contribution is 5.87. The molecular formula is C13H10N4O3. The number of hydrogen-bond acceptors (Lipinski definition) is 5. The zero-order chi connectivity index (χ0) is 14.1. The third-order valence-corrected chi connectivity index (χ3v) is 2.66.